The number of ether oxygens (including phenoxy) is 2. The molecule has 11 amide bonds. The van der Waals surface area contributed by atoms with Crippen LogP contribution in [0.2, 0.25) is 0 Å². The molecule has 0 radical (unpaired) electrons. The summed E-state index contributed by atoms with van der Waals surface area (Å²) in [6, 6.07) is -14.1. The summed E-state index contributed by atoms with van der Waals surface area (Å²) in [5.74, 6) is -10.5. The molecule has 2 rings (SSSR count). The van der Waals surface area contributed by atoms with Crippen LogP contribution < -0.4 is 21.3 Å². The summed E-state index contributed by atoms with van der Waals surface area (Å²) in [5.41, 5.74) is 0. The Labute approximate surface area is 574 Å². The molecule has 0 spiro atoms. The molecular formula is C70H126N12O14. The smallest absolute Gasteiger partial charge is 0.246 e. The summed E-state index contributed by atoms with van der Waals surface area (Å²) in [7, 11) is 9.94. The Balaban J connectivity index is 3.05. The SMILES string of the molecule is C/C=C/C[C@@H](C)[C@@H](O)[C@H]1C(=O)N[C@@H](CC)C(=O)N(C)[C@H](C)C(=O)N(C)[C@@H]([C@H](C)COC[C@@H]2CN(CC)CCO2)C(=O)N[C@@H](C(C)C)C(=O)N(C)[C@@H](CCC(C)C)C(=O)N[C@@H](C)C(=O)N[C@H](C)C(=O)N(C)[C@@H](CC(C)C)C(=O)N(C)[C@@H](CC(C)C)C(=O)N(C)[C@@H](C(C)C)C(=O)N1C. The van der Waals surface area contributed by atoms with E-state index in [2.05, 4.69) is 33.1 Å². The first-order chi connectivity index (χ1) is 44.6. The van der Waals surface area contributed by atoms with E-state index in [1.165, 1.54) is 94.6 Å². The van der Waals surface area contributed by atoms with E-state index in [0.29, 0.717) is 26.0 Å². The highest BCUT2D eigenvalue weighted by Crippen LogP contribution is 2.26. The van der Waals surface area contributed by atoms with E-state index in [1.807, 2.05) is 47.6 Å². The molecule has 550 valence electrons. The quantitative estimate of drug-likeness (QED) is 0.109. The zero-order chi connectivity index (χ0) is 73.7. The molecule has 0 aromatic heterocycles. The third-order valence-corrected chi connectivity index (χ3v) is 19.0. The van der Waals surface area contributed by atoms with Gasteiger partial charge in [-0.1, -0.05) is 109 Å². The van der Waals surface area contributed by atoms with E-state index in [0.717, 1.165) is 22.9 Å². The van der Waals surface area contributed by atoms with Crippen LogP contribution >= 0.6 is 0 Å². The summed E-state index contributed by atoms with van der Waals surface area (Å²) >= 11 is 0. The predicted octanol–water partition coefficient (Wildman–Crippen LogP) is 3.37. The number of rotatable bonds is 20. The lowest BCUT2D eigenvalue weighted by Crippen LogP contribution is -2.64. The first-order valence-electron chi connectivity index (χ1n) is 34.9. The summed E-state index contributed by atoms with van der Waals surface area (Å²) in [6.07, 6.45) is 3.01. The van der Waals surface area contributed by atoms with Gasteiger partial charge in [-0.25, -0.2) is 0 Å². The van der Waals surface area contributed by atoms with Gasteiger partial charge in [0.15, 0.2) is 0 Å². The van der Waals surface area contributed by atoms with E-state index in [1.54, 1.807) is 61.5 Å². The predicted molar refractivity (Wildman–Crippen MR) is 370 cm³/mol. The first kappa shape index (κ1) is 85.8. The molecule has 0 aliphatic carbocycles. The van der Waals surface area contributed by atoms with Crippen LogP contribution in [0.15, 0.2) is 12.2 Å². The fourth-order valence-electron chi connectivity index (χ4n) is 12.6. The fourth-order valence-corrected chi connectivity index (χ4v) is 12.6. The molecule has 96 heavy (non-hydrogen) atoms. The monoisotopic (exact) mass is 1360 g/mol. The molecular weight excluding hydrogens is 1230 g/mol. The van der Waals surface area contributed by atoms with Gasteiger partial charge in [0.25, 0.3) is 0 Å². The lowest BCUT2D eigenvalue weighted by Gasteiger charge is -2.41. The average molecular weight is 1360 g/mol. The van der Waals surface area contributed by atoms with Crippen LogP contribution in [0, 0.1) is 41.4 Å². The number of likely N-dealkylation sites (N-methyl/N-ethyl adjacent to an activating group) is 8. The third kappa shape index (κ3) is 23.7. The number of hydrogen-bond acceptors (Lipinski definition) is 15. The lowest BCUT2D eigenvalue weighted by molar-refractivity contribution is -0.157. The first-order valence-corrected chi connectivity index (χ1v) is 34.9. The Morgan fingerprint density at radius 3 is 1.56 bits per heavy atom. The van der Waals surface area contributed by atoms with Crippen LogP contribution in [-0.2, 0) is 62.2 Å². The van der Waals surface area contributed by atoms with Crippen LogP contribution in [0.25, 0.3) is 0 Å². The maximum Gasteiger partial charge on any atom is 0.246 e. The van der Waals surface area contributed by atoms with Crippen molar-refractivity contribution >= 4 is 65.0 Å². The lowest BCUT2D eigenvalue weighted by atomic mass is 9.91. The fraction of sp³-hybridized carbons (Fsp3) is 0.814. The Kier molecular flexibility index (Phi) is 35.7. The van der Waals surface area contributed by atoms with Gasteiger partial charge in [0.05, 0.1) is 32.0 Å². The molecule has 2 aliphatic rings. The zero-order valence-electron chi connectivity index (χ0n) is 63.0. The van der Waals surface area contributed by atoms with Crippen molar-refractivity contribution in [2.45, 2.75) is 242 Å². The number of allylic oxidation sites excluding steroid dienone is 2. The van der Waals surface area contributed by atoms with Crippen LogP contribution in [0.1, 0.15) is 163 Å². The highest BCUT2D eigenvalue weighted by atomic mass is 16.5. The summed E-state index contributed by atoms with van der Waals surface area (Å²) in [4.78, 5) is 175. The second-order valence-electron chi connectivity index (χ2n) is 29.0. The maximum absolute atomic E-state index is 15.3. The van der Waals surface area contributed by atoms with E-state index >= 15 is 28.8 Å². The van der Waals surface area contributed by atoms with E-state index in [4.69, 9.17) is 9.47 Å². The van der Waals surface area contributed by atoms with Crippen molar-refractivity contribution < 1.29 is 67.3 Å². The van der Waals surface area contributed by atoms with Crippen LogP contribution in [0.5, 0.6) is 0 Å². The molecule has 2 saturated heterocycles. The molecule has 2 fully saturated rings. The van der Waals surface area contributed by atoms with Crippen molar-refractivity contribution in [3.63, 3.8) is 0 Å². The number of hydrogen-bond donors (Lipinski definition) is 5. The van der Waals surface area contributed by atoms with E-state index < -0.39 is 161 Å². The van der Waals surface area contributed by atoms with Gasteiger partial charge in [0.2, 0.25) is 65.0 Å². The third-order valence-electron chi connectivity index (χ3n) is 19.0. The van der Waals surface area contributed by atoms with Crippen molar-refractivity contribution in [1.29, 1.82) is 0 Å². The molecule has 26 heteroatoms. The van der Waals surface area contributed by atoms with Crippen LogP contribution in [0.4, 0.5) is 0 Å². The molecule has 26 nitrogen and oxygen atoms in total. The van der Waals surface area contributed by atoms with Gasteiger partial charge >= 0.3 is 0 Å². The molecule has 0 unspecified atom stereocenters. The van der Waals surface area contributed by atoms with Gasteiger partial charge in [-0.15, -0.1) is 0 Å². The summed E-state index contributed by atoms with van der Waals surface area (Å²) < 4.78 is 12.2. The zero-order valence-corrected chi connectivity index (χ0v) is 63.0. The van der Waals surface area contributed by atoms with Gasteiger partial charge in [-0.2, -0.15) is 0 Å². The van der Waals surface area contributed by atoms with E-state index in [9.17, 15) is 29.1 Å². The van der Waals surface area contributed by atoms with Gasteiger partial charge in [0, 0.05) is 68.3 Å². The van der Waals surface area contributed by atoms with Gasteiger partial charge in [-0.05, 0) is 108 Å². The molecule has 15 atom stereocenters. The molecule has 2 heterocycles. The van der Waals surface area contributed by atoms with Crippen molar-refractivity contribution in [2.75, 3.05) is 88.8 Å². The standard InChI is InChI=1S/C70H126N12O14/c1-26-29-30-45(14)59(83)58-63(87)73-51(27-2)66(90)75(19)49(18)65(89)80(24)57(46(15)38-95-39-50-37-82(28-3)33-34-96-50)62(86)74-55(43(10)11)69(93)76(20)52(32-31-40(4)5)61(85)71-47(16)60(84)72-48(17)64(88)77(21)53(35-41(6)7)67(91)78(22)54(36-42(8)9)68(92)79(23)56(44(12)13)70(94)81(58)25/h26,29,40-59,83H,27-28,30-39H2,1-25H3,(H,71,85)(H,72,84)(H,73,87)(H,74,86)/b29-26+/t45-,46-,47+,48-,49-,50+,51+,52+,53+,54+,55+,56+,57+,58+,59-/m1/s1. The highest BCUT2D eigenvalue weighted by Gasteiger charge is 2.46. The van der Waals surface area contributed by atoms with Crippen LogP contribution in [0.3, 0.4) is 0 Å². The number of nitrogens with zero attached hydrogens (tertiary/aromatic N) is 8. The molecule has 0 bridgehead atoms. The van der Waals surface area contributed by atoms with Gasteiger partial charge < -0.3 is 70.1 Å². The Bertz CT molecular complexity index is 2620. The number of aliphatic hydroxyl groups is 1. The molecule has 2 aliphatic heterocycles. The minimum absolute atomic E-state index is 0.0101. The number of morpholine rings is 1. The van der Waals surface area contributed by atoms with Crippen molar-refractivity contribution in [3.8, 4) is 0 Å². The van der Waals surface area contributed by atoms with Crippen molar-refractivity contribution in [3.05, 3.63) is 12.2 Å². The highest BCUT2D eigenvalue weighted by molar-refractivity contribution is 6.00. The number of amides is 11. The summed E-state index contributed by atoms with van der Waals surface area (Å²) in [6.45, 7) is 34.5. The Morgan fingerprint density at radius 2 is 1.05 bits per heavy atom. The maximum atomic E-state index is 15.3. The summed E-state index contributed by atoms with van der Waals surface area (Å²) in [5, 5.41) is 23.4. The topological polar surface area (TPSA) is 300 Å². The van der Waals surface area contributed by atoms with Crippen LogP contribution in [-0.4, -0.2) is 277 Å². The minimum atomic E-state index is -1.64. The second-order valence-corrected chi connectivity index (χ2v) is 29.0. The van der Waals surface area contributed by atoms with E-state index in [-0.39, 0.29) is 62.8 Å². The Hall–Kier alpha value is -6.25. The average Bonchev–Trinajstić information content (AvgIpc) is 0.812. The number of carbonyl (C=O) groups is 11. The second kappa shape index (κ2) is 40.0. The normalized spacial score (nSPS) is 28.2. The van der Waals surface area contributed by atoms with Crippen molar-refractivity contribution in [2.24, 2.45) is 41.4 Å². The van der Waals surface area contributed by atoms with Crippen molar-refractivity contribution in [1.82, 2.24) is 60.5 Å². The molecule has 0 saturated carbocycles. The van der Waals surface area contributed by atoms with Gasteiger partial charge in [0.1, 0.15) is 66.5 Å². The number of aliphatic hydroxyl groups excluding tert-OH is 1. The largest absolute Gasteiger partial charge is 0.390 e. The minimum Gasteiger partial charge on any atom is -0.390 e. The Morgan fingerprint density at radius 1 is 0.542 bits per heavy atom. The number of nitrogens with one attached hydrogen (secondary N) is 4. The van der Waals surface area contributed by atoms with Gasteiger partial charge in [-0.3, -0.25) is 57.6 Å². The molecule has 0 aromatic rings. The molecule has 5 N–H and O–H groups in total. The number of carbonyl (C=O) groups excluding carboxylic acids is 11. The molecule has 0 aromatic carbocycles.